The summed E-state index contributed by atoms with van der Waals surface area (Å²) in [6, 6.07) is 0.544. The van der Waals surface area contributed by atoms with Gasteiger partial charge in [0.25, 0.3) is 0 Å². The van der Waals surface area contributed by atoms with E-state index in [1.807, 2.05) is 6.20 Å². The highest BCUT2D eigenvalue weighted by atomic mass is 16.5. The summed E-state index contributed by atoms with van der Waals surface area (Å²) in [5.41, 5.74) is 1.14. The second kappa shape index (κ2) is 9.05. The maximum atomic E-state index is 5.52. The van der Waals surface area contributed by atoms with E-state index in [0.29, 0.717) is 12.0 Å². The van der Waals surface area contributed by atoms with Crippen LogP contribution in [0.1, 0.15) is 58.3 Å². The van der Waals surface area contributed by atoms with E-state index in [1.54, 1.807) is 14.2 Å². The average Bonchev–Trinajstić information content (AvgIpc) is 2.87. The first-order chi connectivity index (χ1) is 10.0. The zero-order chi connectivity index (χ0) is 15.8. The van der Waals surface area contributed by atoms with E-state index >= 15 is 0 Å². The van der Waals surface area contributed by atoms with Crippen LogP contribution < -0.4 is 10.1 Å². The van der Waals surface area contributed by atoms with Crippen LogP contribution in [0.2, 0.25) is 0 Å². The van der Waals surface area contributed by atoms with Crippen molar-refractivity contribution in [2.24, 2.45) is 5.92 Å². The van der Waals surface area contributed by atoms with E-state index in [1.165, 1.54) is 0 Å². The Hall–Kier alpha value is -1.07. The van der Waals surface area contributed by atoms with Crippen molar-refractivity contribution < 1.29 is 9.47 Å². The molecule has 0 saturated heterocycles. The van der Waals surface area contributed by atoms with E-state index in [9.17, 15) is 0 Å². The molecule has 0 saturated carbocycles. The van der Waals surface area contributed by atoms with Crippen LogP contribution >= 0.6 is 0 Å². The first-order valence-corrected chi connectivity index (χ1v) is 7.88. The quantitative estimate of drug-likeness (QED) is 0.720. The minimum Gasteiger partial charge on any atom is -0.493 e. The standard InChI is InChI=1S/C16H31N3O2/c1-7-8-17-14(9-13(4)11-20-5)16-15(21-6)10-18-19(16)12(2)3/h10,12-14,17H,7-9,11H2,1-6H3. The van der Waals surface area contributed by atoms with Crippen molar-refractivity contribution in [1.82, 2.24) is 15.1 Å². The largest absolute Gasteiger partial charge is 0.493 e. The number of nitrogens with one attached hydrogen (secondary N) is 1. The SMILES string of the molecule is CCCNC(CC(C)COC)c1c(OC)cnn1C(C)C. The molecule has 5 nitrogen and oxygen atoms in total. The van der Waals surface area contributed by atoms with Gasteiger partial charge in [0.2, 0.25) is 0 Å². The molecule has 0 fully saturated rings. The summed E-state index contributed by atoms with van der Waals surface area (Å²) in [5.74, 6) is 1.34. The van der Waals surface area contributed by atoms with Crippen LogP contribution in [0.5, 0.6) is 5.75 Å². The van der Waals surface area contributed by atoms with E-state index in [-0.39, 0.29) is 6.04 Å². The van der Waals surface area contributed by atoms with Gasteiger partial charge in [-0.1, -0.05) is 13.8 Å². The lowest BCUT2D eigenvalue weighted by atomic mass is 9.99. The number of hydrogen-bond acceptors (Lipinski definition) is 4. The van der Waals surface area contributed by atoms with Gasteiger partial charge in [-0.05, 0) is 39.2 Å². The molecule has 0 aliphatic rings. The summed E-state index contributed by atoms with van der Waals surface area (Å²) >= 11 is 0. The molecule has 0 aromatic carbocycles. The van der Waals surface area contributed by atoms with E-state index in [2.05, 4.69) is 42.8 Å². The van der Waals surface area contributed by atoms with Gasteiger partial charge >= 0.3 is 0 Å². The normalized spacial score (nSPS) is 14.4. The highest BCUT2D eigenvalue weighted by Crippen LogP contribution is 2.31. The first kappa shape index (κ1) is 18.0. The molecule has 2 atom stereocenters. The number of nitrogens with zero attached hydrogens (tertiary/aromatic N) is 2. The van der Waals surface area contributed by atoms with Gasteiger partial charge in [-0.3, -0.25) is 4.68 Å². The molecule has 0 radical (unpaired) electrons. The lowest BCUT2D eigenvalue weighted by Gasteiger charge is -2.25. The highest BCUT2D eigenvalue weighted by molar-refractivity contribution is 5.29. The highest BCUT2D eigenvalue weighted by Gasteiger charge is 2.24. The Kier molecular flexibility index (Phi) is 7.75. The van der Waals surface area contributed by atoms with Crippen LogP contribution in [0.4, 0.5) is 0 Å². The fraction of sp³-hybridized carbons (Fsp3) is 0.812. The molecule has 21 heavy (non-hydrogen) atoms. The Bertz CT molecular complexity index is 404. The van der Waals surface area contributed by atoms with Crippen molar-refractivity contribution in [3.05, 3.63) is 11.9 Å². The molecule has 122 valence electrons. The molecule has 1 aromatic heterocycles. The van der Waals surface area contributed by atoms with Crippen molar-refractivity contribution in [3.8, 4) is 5.75 Å². The van der Waals surface area contributed by atoms with Crippen molar-refractivity contribution in [1.29, 1.82) is 0 Å². The van der Waals surface area contributed by atoms with Crippen molar-refractivity contribution in [2.45, 2.75) is 52.6 Å². The van der Waals surface area contributed by atoms with E-state index in [4.69, 9.17) is 9.47 Å². The maximum Gasteiger partial charge on any atom is 0.161 e. The molecule has 1 aromatic rings. The smallest absolute Gasteiger partial charge is 0.161 e. The topological polar surface area (TPSA) is 48.3 Å². The molecule has 0 aliphatic heterocycles. The lowest BCUT2D eigenvalue weighted by molar-refractivity contribution is 0.148. The fourth-order valence-corrected chi connectivity index (χ4v) is 2.62. The molecular formula is C16H31N3O2. The molecule has 0 amide bonds. The monoisotopic (exact) mass is 297 g/mol. The van der Waals surface area contributed by atoms with Gasteiger partial charge < -0.3 is 14.8 Å². The minimum absolute atomic E-state index is 0.231. The van der Waals surface area contributed by atoms with Gasteiger partial charge in [-0.25, -0.2) is 0 Å². The lowest BCUT2D eigenvalue weighted by Crippen LogP contribution is -2.28. The van der Waals surface area contributed by atoms with E-state index < -0.39 is 0 Å². The third kappa shape index (κ3) is 5.00. The number of rotatable bonds is 10. The third-order valence-corrected chi connectivity index (χ3v) is 3.57. The Morgan fingerprint density at radius 3 is 2.52 bits per heavy atom. The van der Waals surface area contributed by atoms with Gasteiger partial charge in [0.15, 0.2) is 5.75 Å². The van der Waals surface area contributed by atoms with E-state index in [0.717, 1.165) is 37.4 Å². The summed E-state index contributed by atoms with van der Waals surface area (Å²) in [5, 5.41) is 8.12. The van der Waals surface area contributed by atoms with Gasteiger partial charge in [-0.15, -0.1) is 0 Å². The second-order valence-corrected chi connectivity index (χ2v) is 5.94. The van der Waals surface area contributed by atoms with Crippen LogP contribution in [0.3, 0.4) is 0 Å². The zero-order valence-corrected chi connectivity index (χ0v) is 14.3. The maximum absolute atomic E-state index is 5.52. The summed E-state index contributed by atoms with van der Waals surface area (Å²) < 4.78 is 12.9. The number of ether oxygens (including phenoxy) is 2. The van der Waals surface area contributed by atoms with Gasteiger partial charge in [0, 0.05) is 19.8 Å². The van der Waals surface area contributed by atoms with Gasteiger partial charge in [0.05, 0.1) is 25.0 Å². The summed E-state index contributed by atoms with van der Waals surface area (Å²) in [6.45, 7) is 10.4. The Morgan fingerprint density at radius 1 is 1.29 bits per heavy atom. The summed E-state index contributed by atoms with van der Waals surface area (Å²) in [7, 11) is 3.46. The van der Waals surface area contributed by atoms with Crippen LogP contribution in [0, 0.1) is 5.92 Å². The number of aromatic nitrogens is 2. The summed E-state index contributed by atoms with van der Waals surface area (Å²) in [4.78, 5) is 0. The van der Waals surface area contributed by atoms with Crippen molar-refractivity contribution in [3.63, 3.8) is 0 Å². The Morgan fingerprint density at radius 2 is 2.00 bits per heavy atom. The minimum atomic E-state index is 0.231. The van der Waals surface area contributed by atoms with Crippen LogP contribution in [-0.2, 0) is 4.74 Å². The Labute approximate surface area is 129 Å². The molecule has 0 bridgehead atoms. The predicted octanol–water partition coefficient (Wildman–Crippen LogP) is 3.19. The molecule has 1 N–H and O–H groups in total. The molecular weight excluding hydrogens is 266 g/mol. The molecule has 0 spiro atoms. The Balaban J connectivity index is 3.02. The molecule has 2 unspecified atom stereocenters. The summed E-state index contributed by atoms with van der Waals surface area (Å²) in [6.07, 6.45) is 3.92. The van der Waals surface area contributed by atoms with Crippen LogP contribution in [0.15, 0.2) is 6.20 Å². The van der Waals surface area contributed by atoms with Crippen molar-refractivity contribution >= 4 is 0 Å². The molecule has 1 heterocycles. The zero-order valence-electron chi connectivity index (χ0n) is 14.3. The first-order valence-electron chi connectivity index (χ1n) is 7.88. The van der Waals surface area contributed by atoms with Gasteiger partial charge in [-0.2, -0.15) is 5.10 Å². The number of methoxy groups -OCH3 is 2. The van der Waals surface area contributed by atoms with Crippen molar-refractivity contribution in [2.75, 3.05) is 27.4 Å². The van der Waals surface area contributed by atoms with Crippen LogP contribution in [-0.4, -0.2) is 37.2 Å². The average molecular weight is 297 g/mol. The van der Waals surface area contributed by atoms with Gasteiger partial charge in [0.1, 0.15) is 0 Å². The second-order valence-electron chi connectivity index (χ2n) is 5.94. The fourth-order valence-electron chi connectivity index (χ4n) is 2.62. The molecule has 1 rings (SSSR count). The molecule has 5 heteroatoms. The third-order valence-electron chi connectivity index (χ3n) is 3.57. The van der Waals surface area contributed by atoms with Crippen LogP contribution in [0.25, 0.3) is 0 Å². The molecule has 0 aliphatic carbocycles. The predicted molar refractivity (Wildman–Crippen MR) is 85.9 cm³/mol. The number of hydrogen-bond donors (Lipinski definition) is 1.